The lowest BCUT2D eigenvalue weighted by Gasteiger charge is -2.40. The Labute approximate surface area is 122 Å². The number of anilines is 1. The van der Waals surface area contributed by atoms with Gasteiger partial charge in [0.05, 0.1) is 5.56 Å². The second-order valence-electron chi connectivity index (χ2n) is 6.29. The topological polar surface area (TPSA) is 40.5 Å². The van der Waals surface area contributed by atoms with Crippen LogP contribution in [-0.4, -0.2) is 24.2 Å². The van der Waals surface area contributed by atoms with Crippen LogP contribution in [0.15, 0.2) is 12.1 Å². The van der Waals surface area contributed by atoms with E-state index in [1.165, 1.54) is 25.7 Å². The quantitative estimate of drug-likeness (QED) is 0.901. The Balaban J connectivity index is 1.80. The highest BCUT2D eigenvalue weighted by Crippen LogP contribution is 2.47. The number of aromatic carboxylic acids is 1. The van der Waals surface area contributed by atoms with Gasteiger partial charge in [-0.1, -0.05) is 12.8 Å². The van der Waals surface area contributed by atoms with Crippen molar-refractivity contribution in [1.82, 2.24) is 0 Å². The number of carbonyl (C=O) groups is 1. The molecule has 3 rings (SSSR count). The molecular weight excluding hydrogens is 276 g/mol. The van der Waals surface area contributed by atoms with E-state index in [1.54, 1.807) is 4.90 Å². The van der Waals surface area contributed by atoms with E-state index in [9.17, 15) is 13.6 Å². The summed E-state index contributed by atoms with van der Waals surface area (Å²) in [6.07, 6.45) is 6.90. The second-order valence-corrected chi connectivity index (χ2v) is 6.29. The van der Waals surface area contributed by atoms with Crippen LogP contribution in [0.2, 0.25) is 0 Å². The summed E-state index contributed by atoms with van der Waals surface area (Å²) in [6.45, 7) is 1.28. The zero-order valence-electron chi connectivity index (χ0n) is 11.9. The fraction of sp³-hybridized carbons (Fsp3) is 0.562. The second kappa shape index (κ2) is 5.28. The summed E-state index contributed by atoms with van der Waals surface area (Å²) in [4.78, 5) is 12.5. The molecule has 0 bridgehead atoms. The van der Waals surface area contributed by atoms with Crippen molar-refractivity contribution < 1.29 is 18.7 Å². The first-order valence-electron chi connectivity index (χ1n) is 7.48. The highest BCUT2D eigenvalue weighted by molar-refractivity contribution is 5.88. The zero-order valence-corrected chi connectivity index (χ0v) is 11.9. The van der Waals surface area contributed by atoms with Crippen LogP contribution in [0.25, 0.3) is 0 Å². The van der Waals surface area contributed by atoms with E-state index in [2.05, 4.69) is 0 Å². The molecule has 0 radical (unpaired) electrons. The first-order valence-corrected chi connectivity index (χ1v) is 7.48. The van der Waals surface area contributed by atoms with Gasteiger partial charge in [-0.3, -0.25) is 0 Å². The molecule has 2 aliphatic rings. The summed E-state index contributed by atoms with van der Waals surface area (Å²) in [5.74, 6) is -2.88. The van der Waals surface area contributed by atoms with E-state index < -0.39 is 17.6 Å². The average Bonchev–Trinajstić information content (AvgIpc) is 2.88. The van der Waals surface area contributed by atoms with Gasteiger partial charge in [-0.15, -0.1) is 0 Å². The number of rotatable bonds is 2. The van der Waals surface area contributed by atoms with Crippen molar-refractivity contribution in [2.45, 2.75) is 38.5 Å². The lowest BCUT2D eigenvalue weighted by molar-refractivity contribution is 0.0695. The van der Waals surface area contributed by atoms with E-state index in [1.807, 2.05) is 0 Å². The lowest BCUT2D eigenvalue weighted by atomic mass is 9.77. The molecule has 1 saturated heterocycles. The summed E-state index contributed by atoms with van der Waals surface area (Å²) in [7, 11) is 0. The summed E-state index contributed by atoms with van der Waals surface area (Å²) in [5, 5.41) is 8.83. The Morgan fingerprint density at radius 3 is 2.05 bits per heavy atom. The van der Waals surface area contributed by atoms with Crippen molar-refractivity contribution in [1.29, 1.82) is 0 Å². The molecule has 0 aromatic heterocycles. The van der Waals surface area contributed by atoms with E-state index in [4.69, 9.17) is 5.11 Å². The van der Waals surface area contributed by atoms with Gasteiger partial charge in [-0.2, -0.15) is 0 Å². The summed E-state index contributed by atoms with van der Waals surface area (Å²) < 4.78 is 28.2. The van der Waals surface area contributed by atoms with E-state index in [0.29, 0.717) is 18.5 Å². The van der Waals surface area contributed by atoms with Crippen molar-refractivity contribution in [3.8, 4) is 0 Å². The highest BCUT2D eigenvalue weighted by Gasteiger charge is 2.37. The Bertz CT molecular complexity index is 534. The molecule has 1 saturated carbocycles. The Kier molecular flexibility index (Phi) is 3.59. The van der Waals surface area contributed by atoms with E-state index in [0.717, 1.165) is 25.0 Å². The molecule has 5 heteroatoms. The van der Waals surface area contributed by atoms with Crippen molar-refractivity contribution in [3.63, 3.8) is 0 Å². The summed E-state index contributed by atoms with van der Waals surface area (Å²) in [5.41, 5.74) is -0.0457. The van der Waals surface area contributed by atoms with Crippen LogP contribution in [-0.2, 0) is 0 Å². The number of benzene rings is 1. The molecule has 1 aromatic carbocycles. The normalized spacial score (nSPS) is 21.0. The van der Waals surface area contributed by atoms with Gasteiger partial charge in [-0.25, -0.2) is 13.6 Å². The fourth-order valence-electron chi connectivity index (χ4n) is 3.82. The number of nitrogens with zero attached hydrogens (tertiary/aromatic N) is 1. The van der Waals surface area contributed by atoms with Crippen molar-refractivity contribution >= 4 is 11.7 Å². The Morgan fingerprint density at radius 1 is 1.05 bits per heavy atom. The molecule has 114 valence electrons. The molecule has 1 aromatic rings. The summed E-state index contributed by atoms with van der Waals surface area (Å²) >= 11 is 0. The molecule has 2 fully saturated rings. The van der Waals surface area contributed by atoms with Gasteiger partial charge in [0.2, 0.25) is 0 Å². The van der Waals surface area contributed by atoms with Crippen LogP contribution in [0.5, 0.6) is 0 Å². The Hall–Kier alpha value is -1.65. The number of hydrogen-bond acceptors (Lipinski definition) is 2. The summed E-state index contributed by atoms with van der Waals surface area (Å²) in [6, 6.07) is 1.81. The minimum absolute atomic E-state index is 0.0761. The molecule has 21 heavy (non-hydrogen) atoms. The standard InChI is InChI=1S/C16H19F2NO2/c17-12-9-11(15(20)21)10-13(18)14(12)19-7-5-16(6-8-19)3-1-2-4-16/h9-10H,1-8H2,(H,20,21). The van der Waals surface area contributed by atoms with Gasteiger partial charge < -0.3 is 10.0 Å². The molecule has 0 atom stereocenters. The monoisotopic (exact) mass is 295 g/mol. The van der Waals surface area contributed by atoms with Crippen LogP contribution in [0.4, 0.5) is 14.5 Å². The van der Waals surface area contributed by atoms with Crippen molar-refractivity contribution in [2.24, 2.45) is 5.41 Å². The predicted molar refractivity (Wildman–Crippen MR) is 75.7 cm³/mol. The van der Waals surface area contributed by atoms with Gasteiger partial charge in [0.25, 0.3) is 0 Å². The third kappa shape index (κ3) is 2.61. The molecule has 0 amide bonds. The number of carboxylic acids is 1. The smallest absolute Gasteiger partial charge is 0.335 e. The molecule has 1 aliphatic carbocycles. The maximum atomic E-state index is 14.1. The molecule has 1 N–H and O–H groups in total. The van der Waals surface area contributed by atoms with E-state index in [-0.39, 0.29) is 11.3 Å². The van der Waals surface area contributed by atoms with E-state index >= 15 is 0 Å². The zero-order chi connectivity index (χ0) is 15.0. The maximum Gasteiger partial charge on any atom is 0.335 e. The molecule has 0 unspecified atom stereocenters. The van der Waals surface area contributed by atoms with Gasteiger partial charge in [-0.05, 0) is 43.2 Å². The number of carboxylic acid groups (broad SMARTS) is 1. The van der Waals surface area contributed by atoms with Gasteiger partial charge in [0.15, 0.2) is 0 Å². The van der Waals surface area contributed by atoms with Crippen LogP contribution in [0.3, 0.4) is 0 Å². The first-order chi connectivity index (χ1) is 10.0. The minimum Gasteiger partial charge on any atom is -0.478 e. The van der Waals surface area contributed by atoms with Gasteiger partial charge in [0, 0.05) is 13.1 Å². The molecule has 3 nitrogen and oxygen atoms in total. The highest BCUT2D eigenvalue weighted by atomic mass is 19.1. The molecular formula is C16H19F2NO2. The van der Waals surface area contributed by atoms with Crippen molar-refractivity contribution in [2.75, 3.05) is 18.0 Å². The maximum absolute atomic E-state index is 14.1. The van der Waals surface area contributed by atoms with Crippen LogP contribution >= 0.6 is 0 Å². The van der Waals surface area contributed by atoms with Gasteiger partial charge in [0.1, 0.15) is 17.3 Å². The first kappa shape index (κ1) is 14.3. The third-order valence-corrected chi connectivity index (χ3v) is 5.07. The lowest BCUT2D eigenvalue weighted by Crippen LogP contribution is -2.39. The molecule has 1 aliphatic heterocycles. The van der Waals surface area contributed by atoms with Crippen molar-refractivity contribution in [3.05, 3.63) is 29.3 Å². The van der Waals surface area contributed by atoms with Crippen LogP contribution < -0.4 is 4.90 Å². The van der Waals surface area contributed by atoms with Gasteiger partial charge >= 0.3 is 5.97 Å². The number of hydrogen-bond donors (Lipinski definition) is 1. The largest absolute Gasteiger partial charge is 0.478 e. The minimum atomic E-state index is -1.32. The third-order valence-electron chi connectivity index (χ3n) is 5.07. The molecule has 1 heterocycles. The predicted octanol–water partition coefficient (Wildman–Crippen LogP) is 3.82. The van der Waals surface area contributed by atoms with Crippen LogP contribution in [0.1, 0.15) is 48.9 Å². The molecule has 1 spiro atoms. The van der Waals surface area contributed by atoms with Crippen LogP contribution in [0, 0.1) is 17.0 Å². The number of piperidine rings is 1. The average molecular weight is 295 g/mol. The Morgan fingerprint density at radius 2 is 1.57 bits per heavy atom. The fourth-order valence-corrected chi connectivity index (χ4v) is 3.82. The number of halogens is 2. The SMILES string of the molecule is O=C(O)c1cc(F)c(N2CCC3(CCCC3)CC2)c(F)c1.